The Hall–Kier alpha value is -1.13. The zero-order chi connectivity index (χ0) is 12.3. The minimum absolute atomic E-state index is 0.127. The van der Waals surface area contributed by atoms with Crippen molar-refractivity contribution >= 4 is 43.5 Å². The highest BCUT2D eigenvalue weighted by molar-refractivity contribution is 9.11. The van der Waals surface area contributed by atoms with E-state index in [-0.39, 0.29) is 5.91 Å². The predicted octanol–water partition coefficient (Wildman–Crippen LogP) is 4.46. The summed E-state index contributed by atoms with van der Waals surface area (Å²) in [4.78, 5) is 12.0. The average Bonchev–Trinajstić information content (AvgIpc) is 2.35. The van der Waals surface area contributed by atoms with E-state index >= 15 is 0 Å². The van der Waals surface area contributed by atoms with Crippen molar-refractivity contribution in [3.8, 4) is 0 Å². The quantitative estimate of drug-likeness (QED) is 0.847. The molecule has 0 saturated heterocycles. The molecule has 2 aromatic rings. The van der Waals surface area contributed by atoms with Gasteiger partial charge in [0.1, 0.15) is 0 Å². The monoisotopic (exact) mass is 353 g/mol. The molecule has 2 aromatic carbocycles. The minimum Gasteiger partial charge on any atom is -0.320 e. The first-order valence-corrected chi connectivity index (χ1v) is 6.57. The summed E-state index contributed by atoms with van der Waals surface area (Å²) in [5, 5.41) is 2.86. The SMILES string of the molecule is O=C(Nc1c(Br)cccc1Br)c1ccccc1. The molecule has 86 valence electrons. The van der Waals surface area contributed by atoms with Crippen LogP contribution in [0.4, 0.5) is 5.69 Å². The van der Waals surface area contributed by atoms with Crippen LogP contribution in [0.3, 0.4) is 0 Å². The van der Waals surface area contributed by atoms with E-state index in [0.717, 1.165) is 14.6 Å². The average molecular weight is 355 g/mol. The number of benzene rings is 2. The van der Waals surface area contributed by atoms with Gasteiger partial charge in [-0.05, 0) is 56.1 Å². The largest absolute Gasteiger partial charge is 0.320 e. The summed E-state index contributed by atoms with van der Waals surface area (Å²) in [6, 6.07) is 14.8. The predicted molar refractivity (Wildman–Crippen MR) is 76.2 cm³/mol. The first kappa shape index (κ1) is 12.3. The van der Waals surface area contributed by atoms with Crippen molar-refractivity contribution in [2.75, 3.05) is 5.32 Å². The molecular weight excluding hydrogens is 346 g/mol. The van der Waals surface area contributed by atoms with Crippen LogP contribution in [0, 0.1) is 0 Å². The first-order valence-electron chi connectivity index (χ1n) is 4.99. The number of halogens is 2. The van der Waals surface area contributed by atoms with Gasteiger partial charge in [0.2, 0.25) is 0 Å². The number of carbonyl (C=O) groups is 1. The number of rotatable bonds is 2. The van der Waals surface area contributed by atoms with Crippen molar-refractivity contribution in [1.82, 2.24) is 0 Å². The van der Waals surface area contributed by atoms with E-state index in [9.17, 15) is 4.79 Å². The molecule has 0 heterocycles. The van der Waals surface area contributed by atoms with E-state index in [1.54, 1.807) is 12.1 Å². The number of hydrogen-bond acceptors (Lipinski definition) is 1. The lowest BCUT2D eigenvalue weighted by atomic mass is 10.2. The molecule has 0 aliphatic heterocycles. The molecule has 4 heteroatoms. The number of hydrogen-bond donors (Lipinski definition) is 1. The van der Waals surface area contributed by atoms with Crippen molar-refractivity contribution in [3.05, 3.63) is 63.0 Å². The van der Waals surface area contributed by atoms with Gasteiger partial charge in [-0.1, -0.05) is 24.3 Å². The Morgan fingerprint density at radius 1 is 0.882 bits per heavy atom. The van der Waals surface area contributed by atoms with Gasteiger partial charge < -0.3 is 5.32 Å². The summed E-state index contributed by atoms with van der Waals surface area (Å²) in [6.45, 7) is 0. The number of para-hydroxylation sites is 1. The van der Waals surface area contributed by atoms with Gasteiger partial charge in [0.25, 0.3) is 5.91 Å². The lowest BCUT2D eigenvalue weighted by Gasteiger charge is -2.09. The van der Waals surface area contributed by atoms with Crippen molar-refractivity contribution in [2.24, 2.45) is 0 Å². The molecule has 0 spiro atoms. The Balaban J connectivity index is 2.25. The van der Waals surface area contributed by atoms with Crippen LogP contribution >= 0.6 is 31.9 Å². The van der Waals surface area contributed by atoms with Crippen molar-refractivity contribution in [3.63, 3.8) is 0 Å². The number of nitrogens with one attached hydrogen (secondary N) is 1. The summed E-state index contributed by atoms with van der Waals surface area (Å²) < 4.78 is 1.69. The molecule has 17 heavy (non-hydrogen) atoms. The Labute approximate surface area is 116 Å². The van der Waals surface area contributed by atoms with E-state index in [1.165, 1.54) is 0 Å². The van der Waals surface area contributed by atoms with Crippen LogP contribution in [-0.2, 0) is 0 Å². The van der Waals surface area contributed by atoms with Gasteiger partial charge in [-0.3, -0.25) is 4.79 Å². The number of amides is 1. The van der Waals surface area contributed by atoms with Gasteiger partial charge >= 0.3 is 0 Å². The van der Waals surface area contributed by atoms with Crippen LogP contribution in [0.15, 0.2) is 57.5 Å². The molecule has 0 saturated carbocycles. The minimum atomic E-state index is -0.127. The van der Waals surface area contributed by atoms with Crippen LogP contribution in [0.2, 0.25) is 0 Å². The maximum Gasteiger partial charge on any atom is 0.255 e. The highest BCUT2D eigenvalue weighted by atomic mass is 79.9. The molecule has 0 radical (unpaired) electrons. The van der Waals surface area contributed by atoms with Crippen molar-refractivity contribution < 1.29 is 4.79 Å². The van der Waals surface area contributed by atoms with E-state index in [1.807, 2.05) is 36.4 Å². The lowest BCUT2D eigenvalue weighted by molar-refractivity contribution is 0.102. The third-order valence-electron chi connectivity index (χ3n) is 2.24. The van der Waals surface area contributed by atoms with Gasteiger partial charge in [0.15, 0.2) is 0 Å². The van der Waals surface area contributed by atoms with Crippen LogP contribution in [0.1, 0.15) is 10.4 Å². The standard InChI is InChI=1S/C13H9Br2NO/c14-10-7-4-8-11(15)12(10)16-13(17)9-5-2-1-3-6-9/h1-8H,(H,16,17). The van der Waals surface area contributed by atoms with Gasteiger partial charge in [-0.25, -0.2) is 0 Å². The molecular formula is C13H9Br2NO. The van der Waals surface area contributed by atoms with E-state index in [2.05, 4.69) is 37.2 Å². The fourth-order valence-corrected chi connectivity index (χ4v) is 2.59. The van der Waals surface area contributed by atoms with E-state index in [4.69, 9.17) is 0 Å². The third-order valence-corrected chi connectivity index (χ3v) is 3.56. The van der Waals surface area contributed by atoms with Gasteiger partial charge in [0, 0.05) is 14.5 Å². The normalized spacial score (nSPS) is 10.0. The maximum atomic E-state index is 12.0. The second-order valence-electron chi connectivity index (χ2n) is 3.42. The van der Waals surface area contributed by atoms with Crippen LogP contribution < -0.4 is 5.32 Å². The molecule has 0 aromatic heterocycles. The topological polar surface area (TPSA) is 29.1 Å². The maximum absolute atomic E-state index is 12.0. The second kappa shape index (κ2) is 5.47. The zero-order valence-corrected chi connectivity index (χ0v) is 12.0. The zero-order valence-electron chi connectivity index (χ0n) is 8.78. The van der Waals surface area contributed by atoms with E-state index < -0.39 is 0 Å². The molecule has 1 N–H and O–H groups in total. The van der Waals surface area contributed by atoms with Crippen molar-refractivity contribution in [2.45, 2.75) is 0 Å². The summed E-state index contributed by atoms with van der Waals surface area (Å²) in [7, 11) is 0. The molecule has 2 rings (SSSR count). The molecule has 1 amide bonds. The molecule has 0 unspecified atom stereocenters. The fourth-order valence-electron chi connectivity index (χ4n) is 1.39. The van der Waals surface area contributed by atoms with Crippen molar-refractivity contribution in [1.29, 1.82) is 0 Å². The first-order chi connectivity index (χ1) is 8.18. The fraction of sp³-hybridized carbons (Fsp3) is 0. The molecule has 0 aliphatic carbocycles. The van der Waals surface area contributed by atoms with Crippen LogP contribution in [-0.4, -0.2) is 5.91 Å². The summed E-state index contributed by atoms with van der Waals surface area (Å²) in [5.41, 5.74) is 1.37. The molecule has 0 atom stereocenters. The molecule has 0 aliphatic rings. The Bertz CT molecular complexity index is 520. The smallest absolute Gasteiger partial charge is 0.255 e. The highest BCUT2D eigenvalue weighted by Crippen LogP contribution is 2.30. The Morgan fingerprint density at radius 3 is 2.06 bits per heavy atom. The van der Waals surface area contributed by atoms with Gasteiger partial charge in [0.05, 0.1) is 5.69 Å². The summed E-state index contributed by atoms with van der Waals surface area (Å²) in [5.74, 6) is -0.127. The van der Waals surface area contributed by atoms with E-state index in [0.29, 0.717) is 5.56 Å². The molecule has 0 fully saturated rings. The van der Waals surface area contributed by atoms with Crippen LogP contribution in [0.5, 0.6) is 0 Å². The summed E-state index contributed by atoms with van der Waals surface area (Å²) >= 11 is 6.81. The third kappa shape index (κ3) is 2.96. The Kier molecular flexibility index (Phi) is 3.97. The molecule has 2 nitrogen and oxygen atoms in total. The van der Waals surface area contributed by atoms with Crippen LogP contribution in [0.25, 0.3) is 0 Å². The second-order valence-corrected chi connectivity index (χ2v) is 5.13. The van der Waals surface area contributed by atoms with Gasteiger partial charge in [-0.15, -0.1) is 0 Å². The number of anilines is 1. The lowest BCUT2D eigenvalue weighted by Crippen LogP contribution is -2.12. The number of carbonyl (C=O) groups excluding carboxylic acids is 1. The summed E-state index contributed by atoms with van der Waals surface area (Å²) in [6.07, 6.45) is 0. The van der Waals surface area contributed by atoms with Gasteiger partial charge in [-0.2, -0.15) is 0 Å². The Morgan fingerprint density at radius 2 is 1.47 bits per heavy atom. The molecule has 0 bridgehead atoms. The highest BCUT2D eigenvalue weighted by Gasteiger charge is 2.10.